The van der Waals surface area contributed by atoms with Gasteiger partial charge < -0.3 is 16.0 Å². The molecule has 0 unspecified atom stereocenters. The third-order valence-corrected chi connectivity index (χ3v) is 1.79. The Morgan fingerprint density at radius 3 is 2.69 bits per heavy atom. The van der Waals surface area contributed by atoms with Gasteiger partial charge in [0.15, 0.2) is 5.76 Å². The van der Waals surface area contributed by atoms with E-state index >= 15 is 0 Å². The first-order valence-corrected chi connectivity index (χ1v) is 3.70. The molecular formula is C7H9N5O. The molecule has 0 atom stereocenters. The van der Waals surface area contributed by atoms with E-state index in [0.717, 1.165) is 5.56 Å². The molecule has 6 heteroatoms. The zero-order chi connectivity index (χ0) is 9.42. The van der Waals surface area contributed by atoms with Gasteiger partial charge in [0, 0.05) is 0 Å². The van der Waals surface area contributed by atoms with Crippen molar-refractivity contribution in [2.24, 2.45) is 0 Å². The number of nitrogens with zero attached hydrogens (tertiary/aromatic N) is 3. The van der Waals surface area contributed by atoms with Crippen LogP contribution in [-0.2, 0) is 0 Å². The Balaban J connectivity index is 2.59. The molecule has 0 saturated heterocycles. The van der Waals surface area contributed by atoms with E-state index in [9.17, 15) is 0 Å². The molecule has 4 N–H and O–H groups in total. The molecule has 0 bridgehead atoms. The van der Waals surface area contributed by atoms with Crippen LogP contribution in [0.3, 0.4) is 0 Å². The van der Waals surface area contributed by atoms with Crippen LogP contribution in [0.5, 0.6) is 0 Å². The Bertz CT molecular complexity index is 430. The zero-order valence-electron chi connectivity index (χ0n) is 7.06. The van der Waals surface area contributed by atoms with Gasteiger partial charge in [0.1, 0.15) is 0 Å². The Hall–Kier alpha value is -1.98. The van der Waals surface area contributed by atoms with Crippen LogP contribution < -0.4 is 11.6 Å². The summed E-state index contributed by atoms with van der Waals surface area (Å²) >= 11 is 0. The molecule has 0 aliphatic rings. The number of nitrogens with two attached hydrogens (primary N) is 2. The normalized spacial score (nSPS) is 10.5. The van der Waals surface area contributed by atoms with E-state index in [1.54, 1.807) is 6.26 Å². The van der Waals surface area contributed by atoms with Crippen LogP contribution in [0.15, 0.2) is 16.7 Å². The molecule has 2 rings (SSSR count). The van der Waals surface area contributed by atoms with Crippen molar-refractivity contribution in [3.05, 3.63) is 17.9 Å². The first kappa shape index (κ1) is 7.66. The highest BCUT2D eigenvalue weighted by molar-refractivity contribution is 5.54. The van der Waals surface area contributed by atoms with Gasteiger partial charge in [-0.1, -0.05) is 0 Å². The van der Waals surface area contributed by atoms with E-state index in [1.165, 1.54) is 4.68 Å². The van der Waals surface area contributed by atoms with Gasteiger partial charge in [0.2, 0.25) is 11.8 Å². The van der Waals surface area contributed by atoms with Crippen molar-refractivity contribution in [1.29, 1.82) is 0 Å². The number of aromatic nitrogens is 3. The van der Waals surface area contributed by atoms with E-state index in [2.05, 4.69) is 10.2 Å². The van der Waals surface area contributed by atoms with Crippen LogP contribution in [-0.4, -0.2) is 14.9 Å². The van der Waals surface area contributed by atoms with Crippen LogP contribution in [0, 0.1) is 6.92 Å². The average molecular weight is 179 g/mol. The molecular weight excluding hydrogens is 170 g/mol. The van der Waals surface area contributed by atoms with Crippen molar-refractivity contribution in [1.82, 2.24) is 14.9 Å². The molecule has 0 aliphatic carbocycles. The summed E-state index contributed by atoms with van der Waals surface area (Å²) < 4.78 is 6.37. The lowest BCUT2D eigenvalue weighted by molar-refractivity contribution is 0.573. The third-order valence-electron chi connectivity index (χ3n) is 1.79. The molecule has 13 heavy (non-hydrogen) atoms. The van der Waals surface area contributed by atoms with Gasteiger partial charge in [-0.3, -0.25) is 0 Å². The maximum Gasteiger partial charge on any atom is 0.241 e. The van der Waals surface area contributed by atoms with Crippen LogP contribution in [0.2, 0.25) is 0 Å². The summed E-state index contributed by atoms with van der Waals surface area (Å²) in [6.45, 7) is 1.89. The Morgan fingerprint density at radius 2 is 2.23 bits per heavy atom. The zero-order valence-corrected chi connectivity index (χ0v) is 7.06. The second-order valence-corrected chi connectivity index (χ2v) is 2.68. The molecule has 0 aliphatic heterocycles. The van der Waals surface area contributed by atoms with E-state index < -0.39 is 0 Å². The fourth-order valence-corrected chi connectivity index (χ4v) is 1.06. The lowest BCUT2D eigenvalue weighted by Gasteiger charge is -1.97. The largest absolute Gasteiger partial charge is 0.461 e. The predicted molar refractivity (Wildman–Crippen MR) is 47.0 cm³/mol. The second-order valence-electron chi connectivity index (χ2n) is 2.68. The number of hydrogen-bond donors (Lipinski definition) is 2. The Morgan fingerprint density at radius 1 is 1.46 bits per heavy atom. The quantitative estimate of drug-likeness (QED) is 0.607. The smallest absolute Gasteiger partial charge is 0.241 e. The number of anilines is 1. The predicted octanol–water partition coefficient (Wildman–Crippen LogP) is 0.143. The number of hydrogen-bond acceptors (Lipinski definition) is 5. The highest BCUT2D eigenvalue weighted by Gasteiger charge is 2.13. The molecule has 0 saturated carbocycles. The van der Waals surface area contributed by atoms with Crippen molar-refractivity contribution in [3.8, 4) is 11.6 Å². The maximum absolute atomic E-state index is 5.57. The number of rotatable bonds is 1. The van der Waals surface area contributed by atoms with Crippen molar-refractivity contribution in [2.45, 2.75) is 6.92 Å². The van der Waals surface area contributed by atoms with Gasteiger partial charge in [-0.05, 0) is 18.6 Å². The number of furan rings is 1. The van der Waals surface area contributed by atoms with Crippen molar-refractivity contribution >= 4 is 5.95 Å². The lowest BCUT2D eigenvalue weighted by Crippen LogP contribution is -2.13. The Kier molecular flexibility index (Phi) is 1.48. The van der Waals surface area contributed by atoms with Gasteiger partial charge in [-0.25, -0.2) is 4.68 Å². The summed E-state index contributed by atoms with van der Waals surface area (Å²) in [5.74, 6) is 6.75. The van der Waals surface area contributed by atoms with Crippen LogP contribution in [0.25, 0.3) is 11.6 Å². The minimum Gasteiger partial charge on any atom is -0.461 e. The second kappa shape index (κ2) is 2.51. The van der Waals surface area contributed by atoms with E-state index in [0.29, 0.717) is 11.6 Å². The molecule has 0 amide bonds. The summed E-state index contributed by atoms with van der Waals surface area (Å²) in [5, 5.41) is 7.41. The number of nitrogen functional groups attached to an aromatic ring is 2. The summed E-state index contributed by atoms with van der Waals surface area (Å²) in [7, 11) is 0. The highest BCUT2D eigenvalue weighted by atomic mass is 16.3. The van der Waals surface area contributed by atoms with E-state index in [4.69, 9.17) is 16.0 Å². The summed E-state index contributed by atoms with van der Waals surface area (Å²) in [4.78, 5) is 0. The standard InChI is InChI=1S/C7H9N5O/c1-4-2-3-13-5(4)6-10-11-7(8)12(6)9/h2-3H,9H2,1H3,(H2,8,11). The fourth-order valence-electron chi connectivity index (χ4n) is 1.06. The molecule has 2 aromatic rings. The molecule has 2 heterocycles. The molecule has 0 aromatic carbocycles. The fraction of sp³-hybridized carbons (Fsp3) is 0.143. The molecule has 2 aromatic heterocycles. The monoisotopic (exact) mass is 179 g/mol. The van der Waals surface area contributed by atoms with Crippen molar-refractivity contribution in [2.75, 3.05) is 11.6 Å². The summed E-state index contributed by atoms with van der Waals surface area (Å²) in [6.07, 6.45) is 1.57. The molecule has 6 nitrogen and oxygen atoms in total. The van der Waals surface area contributed by atoms with E-state index in [1.807, 2.05) is 13.0 Å². The van der Waals surface area contributed by atoms with Crippen LogP contribution in [0.1, 0.15) is 5.56 Å². The van der Waals surface area contributed by atoms with E-state index in [-0.39, 0.29) is 5.95 Å². The van der Waals surface area contributed by atoms with Gasteiger partial charge in [-0.15, -0.1) is 10.2 Å². The Labute approximate surface area is 74.1 Å². The minimum absolute atomic E-state index is 0.158. The van der Waals surface area contributed by atoms with Crippen LogP contribution >= 0.6 is 0 Å². The number of aryl methyl sites for hydroxylation is 1. The van der Waals surface area contributed by atoms with Gasteiger partial charge in [0.25, 0.3) is 0 Å². The first-order chi connectivity index (χ1) is 6.20. The summed E-state index contributed by atoms with van der Waals surface area (Å²) in [5.41, 5.74) is 6.36. The van der Waals surface area contributed by atoms with Crippen molar-refractivity contribution < 1.29 is 4.42 Å². The molecule has 0 spiro atoms. The molecule has 0 radical (unpaired) electrons. The van der Waals surface area contributed by atoms with Crippen molar-refractivity contribution in [3.63, 3.8) is 0 Å². The van der Waals surface area contributed by atoms with Gasteiger partial charge in [0.05, 0.1) is 6.26 Å². The molecule has 68 valence electrons. The first-order valence-electron chi connectivity index (χ1n) is 3.70. The topological polar surface area (TPSA) is 95.9 Å². The SMILES string of the molecule is Cc1ccoc1-c1nnc(N)n1N. The summed E-state index contributed by atoms with van der Waals surface area (Å²) in [6, 6.07) is 1.82. The van der Waals surface area contributed by atoms with Gasteiger partial charge in [-0.2, -0.15) is 0 Å². The van der Waals surface area contributed by atoms with Gasteiger partial charge >= 0.3 is 0 Å². The third kappa shape index (κ3) is 1.03. The minimum atomic E-state index is 0.158. The highest BCUT2D eigenvalue weighted by Crippen LogP contribution is 2.21. The van der Waals surface area contributed by atoms with Crippen LogP contribution in [0.4, 0.5) is 5.95 Å². The average Bonchev–Trinajstić information content (AvgIpc) is 2.62. The lowest BCUT2D eigenvalue weighted by atomic mass is 10.3. The molecule has 0 fully saturated rings. The maximum atomic E-state index is 5.57.